The van der Waals surface area contributed by atoms with Gasteiger partial charge in [0.2, 0.25) is 5.91 Å². The molecule has 0 heterocycles. The first kappa shape index (κ1) is 19.2. The topological polar surface area (TPSA) is 29.1 Å². The zero-order valence-corrected chi connectivity index (χ0v) is 16.2. The van der Waals surface area contributed by atoms with Crippen molar-refractivity contribution in [2.24, 2.45) is 0 Å². The summed E-state index contributed by atoms with van der Waals surface area (Å²) in [4.78, 5) is 12.9. The molecule has 2 aromatic carbocycles. The van der Waals surface area contributed by atoms with Crippen LogP contribution in [0.1, 0.15) is 36.8 Å². The fourth-order valence-electron chi connectivity index (χ4n) is 3.63. The van der Waals surface area contributed by atoms with Crippen molar-refractivity contribution in [2.75, 3.05) is 12.3 Å². The Hall–Kier alpha value is -1.52. The second kappa shape index (κ2) is 8.92. The van der Waals surface area contributed by atoms with E-state index in [-0.39, 0.29) is 17.1 Å². The molecular formula is C21H23ClFNOS. The molecule has 0 spiro atoms. The largest absolute Gasteiger partial charge is 0.355 e. The Morgan fingerprint density at radius 3 is 2.54 bits per heavy atom. The summed E-state index contributed by atoms with van der Waals surface area (Å²) in [5.41, 5.74) is 1.25. The standard InChI is InChI=1S/C21H23ClFNOS/c22-18-9-6-10-19(23)17(18)15-26-14-13-24-20(25)21(11-4-5-12-21)16-7-2-1-3-8-16/h1-3,6-10H,4-5,11-15H2,(H,24,25). The van der Waals surface area contributed by atoms with E-state index in [0.29, 0.717) is 22.9 Å². The number of nitrogens with one attached hydrogen (secondary N) is 1. The lowest BCUT2D eigenvalue weighted by Crippen LogP contribution is -2.43. The van der Waals surface area contributed by atoms with Crippen LogP contribution in [0.3, 0.4) is 0 Å². The molecule has 1 aliphatic rings. The Bertz CT molecular complexity index is 727. The van der Waals surface area contributed by atoms with E-state index in [1.807, 2.05) is 18.2 Å². The van der Waals surface area contributed by atoms with Crippen LogP contribution in [0.4, 0.5) is 4.39 Å². The van der Waals surface area contributed by atoms with Crippen molar-refractivity contribution >= 4 is 29.3 Å². The third-order valence-electron chi connectivity index (χ3n) is 5.06. The van der Waals surface area contributed by atoms with Gasteiger partial charge in [-0.05, 0) is 30.5 Å². The van der Waals surface area contributed by atoms with Crippen LogP contribution in [-0.4, -0.2) is 18.2 Å². The number of carbonyl (C=O) groups excluding carboxylic acids is 1. The molecule has 138 valence electrons. The number of benzene rings is 2. The van der Waals surface area contributed by atoms with Crippen molar-refractivity contribution in [3.8, 4) is 0 Å². The van der Waals surface area contributed by atoms with Gasteiger partial charge in [-0.1, -0.05) is 60.8 Å². The zero-order chi connectivity index (χ0) is 18.4. The predicted molar refractivity (Wildman–Crippen MR) is 107 cm³/mol. The van der Waals surface area contributed by atoms with E-state index in [0.717, 1.165) is 37.0 Å². The van der Waals surface area contributed by atoms with E-state index in [4.69, 9.17) is 11.6 Å². The molecule has 5 heteroatoms. The van der Waals surface area contributed by atoms with Crippen LogP contribution in [0.2, 0.25) is 5.02 Å². The summed E-state index contributed by atoms with van der Waals surface area (Å²) in [5, 5.41) is 3.55. The van der Waals surface area contributed by atoms with Crippen LogP contribution in [0.25, 0.3) is 0 Å². The zero-order valence-electron chi connectivity index (χ0n) is 14.6. The average Bonchev–Trinajstić information content (AvgIpc) is 3.15. The van der Waals surface area contributed by atoms with Gasteiger partial charge >= 0.3 is 0 Å². The van der Waals surface area contributed by atoms with Crippen molar-refractivity contribution in [1.29, 1.82) is 0 Å². The van der Waals surface area contributed by atoms with Crippen molar-refractivity contribution in [2.45, 2.75) is 36.9 Å². The van der Waals surface area contributed by atoms with Crippen molar-refractivity contribution in [3.63, 3.8) is 0 Å². The Morgan fingerprint density at radius 2 is 1.85 bits per heavy atom. The molecule has 0 radical (unpaired) electrons. The molecule has 0 atom stereocenters. The van der Waals surface area contributed by atoms with Gasteiger partial charge in [0, 0.05) is 28.6 Å². The molecule has 2 nitrogen and oxygen atoms in total. The highest BCUT2D eigenvalue weighted by atomic mass is 35.5. The highest BCUT2D eigenvalue weighted by molar-refractivity contribution is 7.98. The first-order valence-electron chi connectivity index (χ1n) is 8.98. The number of rotatable bonds is 7. The van der Waals surface area contributed by atoms with E-state index in [9.17, 15) is 9.18 Å². The summed E-state index contributed by atoms with van der Waals surface area (Å²) in [6.45, 7) is 0.574. The van der Waals surface area contributed by atoms with Crippen LogP contribution in [-0.2, 0) is 16.0 Å². The van der Waals surface area contributed by atoms with Gasteiger partial charge in [0.15, 0.2) is 0 Å². The number of amides is 1. The lowest BCUT2D eigenvalue weighted by molar-refractivity contribution is -0.126. The third-order valence-corrected chi connectivity index (χ3v) is 6.40. The van der Waals surface area contributed by atoms with Gasteiger partial charge in [-0.2, -0.15) is 11.8 Å². The number of hydrogen-bond acceptors (Lipinski definition) is 2. The fraction of sp³-hybridized carbons (Fsp3) is 0.381. The lowest BCUT2D eigenvalue weighted by atomic mass is 9.78. The highest BCUT2D eigenvalue weighted by Gasteiger charge is 2.42. The van der Waals surface area contributed by atoms with Crippen LogP contribution in [0.5, 0.6) is 0 Å². The summed E-state index contributed by atoms with van der Waals surface area (Å²) >= 11 is 7.62. The van der Waals surface area contributed by atoms with Gasteiger partial charge in [-0.3, -0.25) is 4.79 Å². The summed E-state index contributed by atoms with van der Waals surface area (Å²) in [7, 11) is 0. The molecule has 0 aromatic heterocycles. The summed E-state index contributed by atoms with van der Waals surface area (Å²) in [6.07, 6.45) is 3.98. The van der Waals surface area contributed by atoms with E-state index >= 15 is 0 Å². The van der Waals surface area contributed by atoms with E-state index in [1.165, 1.54) is 6.07 Å². The Labute approximate surface area is 163 Å². The molecule has 1 fully saturated rings. The molecule has 1 amide bonds. The number of hydrogen-bond donors (Lipinski definition) is 1. The van der Waals surface area contributed by atoms with Crippen molar-refractivity contribution < 1.29 is 9.18 Å². The lowest BCUT2D eigenvalue weighted by Gasteiger charge is -2.28. The van der Waals surface area contributed by atoms with Gasteiger partial charge in [-0.15, -0.1) is 0 Å². The molecule has 1 saturated carbocycles. The Balaban J connectivity index is 1.52. The smallest absolute Gasteiger partial charge is 0.230 e. The third kappa shape index (κ3) is 4.24. The molecule has 1 N–H and O–H groups in total. The summed E-state index contributed by atoms with van der Waals surface area (Å²) in [5.74, 6) is 1.07. The Morgan fingerprint density at radius 1 is 1.12 bits per heavy atom. The van der Waals surface area contributed by atoms with E-state index in [2.05, 4.69) is 17.4 Å². The SMILES string of the molecule is O=C(NCCSCc1c(F)cccc1Cl)C1(c2ccccc2)CCCC1. The molecular weight excluding hydrogens is 369 g/mol. The van der Waals surface area contributed by atoms with E-state index in [1.54, 1.807) is 23.9 Å². The molecule has 2 aromatic rings. The number of thioether (sulfide) groups is 1. The maximum Gasteiger partial charge on any atom is 0.230 e. The van der Waals surface area contributed by atoms with Gasteiger partial charge in [0.25, 0.3) is 0 Å². The predicted octanol–water partition coefficient (Wildman–Crippen LogP) is 5.34. The minimum atomic E-state index is -0.388. The maximum absolute atomic E-state index is 13.8. The van der Waals surface area contributed by atoms with Crippen LogP contribution in [0.15, 0.2) is 48.5 Å². The van der Waals surface area contributed by atoms with Crippen LogP contribution < -0.4 is 5.32 Å². The summed E-state index contributed by atoms with van der Waals surface area (Å²) < 4.78 is 13.8. The fourth-order valence-corrected chi connectivity index (χ4v) is 4.83. The first-order chi connectivity index (χ1) is 12.6. The minimum absolute atomic E-state index is 0.116. The van der Waals surface area contributed by atoms with Crippen LogP contribution >= 0.6 is 23.4 Å². The van der Waals surface area contributed by atoms with Crippen molar-refractivity contribution in [3.05, 3.63) is 70.5 Å². The average molecular weight is 392 g/mol. The van der Waals surface area contributed by atoms with Crippen molar-refractivity contribution in [1.82, 2.24) is 5.32 Å². The molecule has 0 saturated heterocycles. The normalized spacial score (nSPS) is 15.8. The molecule has 0 bridgehead atoms. The minimum Gasteiger partial charge on any atom is -0.355 e. The highest BCUT2D eigenvalue weighted by Crippen LogP contribution is 2.41. The molecule has 0 unspecified atom stereocenters. The second-order valence-electron chi connectivity index (χ2n) is 6.66. The van der Waals surface area contributed by atoms with E-state index < -0.39 is 0 Å². The number of carbonyl (C=O) groups is 1. The Kier molecular flexibility index (Phi) is 6.60. The monoisotopic (exact) mass is 391 g/mol. The second-order valence-corrected chi connectivity index (χ2v) is 8.18. The van der Waals surface area contributed by atoms with Gasteiger partial charge in [0.05, 0.1) is 5.41 Å². The maximum atomic E-state index is 13.8. The molecule has 1 aliphatic carbocycles. The number of halogens is 2. The molecule has 0 aliphatic heterocycles. The molecule has 26 heavy (non-hydrogen) atoms. The van der Waals surface area contributed by atoms with Gasteiger partial charge in [-0.25, -0.2) is 4.39 Å². The summed E-state index contributed by atoms with van der Waals surface area (Å²) in [6, 6.07) is 14.8. The first-order valence-corrected chi connectivity index (χ1v) is 10.5. The quantitative estimate of drug-likeness (QED) is 0.645. The van der Waals surface area contributed by atoms with Gasteiger partial charge < -0.3 is 5.32 Å². The van der Waals surface area contributed by atoms with Gasteiger partial charge in [0.1, 0.15) is 5.82 Å². The molecule has 3 rings (SSSR count). The van der Waals surface area contributed by atoms with Crippen LogP contribution in [0, 0.1) is 5.82 Å².